The van der Waals surface area contributed by atoms with Gasteiger partial charge in [0.15, 0.2) is 11.5 Å². The average Bonchev–Trinajstić information content (AvgIpc) is 2.51. The van der Waals surface area contributed by atoms with Gasteiger partial charge in [0.25, 0.3) is 10.2 Å². The molecule has 124 valence electrons. The molecule has 0 radical (unpaired) electrons. The number of fused-ring (bicyclic) bond motifs is 1. The van der Waals surface area contributed by atoms with E-state index in [-0.39, 0.29) is 12.0 Å². The molecule has 1 unspecified atom stereocenters. The number of hydrogen-bond acceptors (Lipinski definition) is 4. The van der Waals surface area contributed by atoms with Gasteiger partial charge in [-0.3, -0.25) is 0 Å². The SMILES string of the molecule is CNS(=O)(=O)N1CCc2cc(OC)c(OC)cc2C1C(C)C. The lowest BCUT2D eigenvalue weighted by Gasteiger charge is -2.38. The van der Waals surface area contributed by atoms with Crippen LogP contribution in [-0.2, 0) is 16.6 Å². The van der Waals surface area contributed by atoms with Gasteiger partial charge >= 0.3 is 0 Å². The molecule has 0 bridgehead atoms. The summed E-state index contributed by atoms with van der Waals surface area (Å²) in [6, 6.07) is 3.63. The van der Waals surface area contributed by atoms with Crippen LogP contribution >= 0.6 is 0 Å². The minimum Gasteiger partial charge on any atom is -0.493 e. The zero-order chi connectivity index (χ0) is 16.5. The molecule has 1 aliphatic heterocycles. The van der Waals surface area contributed by atoms with E-state index in [4.69, 9.17) is 9.47 Å². The van der Waals surface area contributed by atoms with E-state index in [1.807, 2.05) is 26.0 Å². The van der Waals surface area contributed by atoms with Crippen LogP contribution in [0, 0.1) is 5.92 Å². The lowest BCUT2D eigenvalue weighted by atomic mass is 9.87. The summed E-state index contributed by atoms with van der Waals surface area (Å²) in [5.74, 6) is 1.43. The van der Waals surface area contributed by atoms with Crippen LogP contribution in [0.25, 0.3) is 0 Å². The Kier molecular flexibility index (Phi) is 4.99. The summed E-state index contributed by atoms with van der Waals surface area (Å²) in [6.07, 6.45) is 0.653. The summed E-state index contributed by atoms with van der Waals surface area (Å²) in [6.45, 7) is 4.50. The van der Waals surface area contributed by atoms with Crippen LogP contribution in [0.3, 0.4) is 0 Å². The Morgan fingerprint density at radius 3 is 2.32 bits per heavy atom. The normalized spacial score (nSPS) is 19.1. The van der Waals surface area contributed by atoms with Gasteiger partial charge in [-0.2, -0.15) is 12.7 Å². The summed E-state index contributed by atoms with van der Waals surface area (Å²) < 4.78 is 39.3. The van der Waals surface area contributed by atoms with Crippen LogP contribution in [0.2, 0.25) is 0 Å². The van der Waals surface area contributed by atoms with E-state index >= 15 is 0 Å². The number of nitrogens with one attached hydrogen (secondary N) is 1. The van der Waals surface area contributed by atoms with E-state index in [1.54, 1.807) is 14.2 Å². The van der Waals surface area contributed by atoms with Crippen LogP contribution in [0.1, 0.15) is 31.0 Å². The van der Waals surface area contributed by atoms with Gasteiger partial charge in [0.2, 0.25) is 0 Å². The third kappa shape index (κ3) is 2.93. The third-order valence-electron chi connectivity index (χ3n) is 4.07. The minimum atomic E-state index is -3.48. The standard InChI is InChI=1S/C15H24N2O4S/c1-10(2)15-12-9-14(21-5)13(20-4)8-11(12)6-7-17(15)22(18,19)16-3/h8-10,15-16H,6-7H2,1-5H3. The Labute approximate surface area is 132 Å². The lowest BCUT2D eigenvalue weighted by molar-refractivity contribution is 0.244. The van der Waals surface area contributed by atoms with E-state index < -0.39 is 10.2 Å². The molecule has 0 amide bonds. The average molecular weight is 328 g/mol. The van der Waals surface area contributed by atoms with Crippen molar-refractivity contribution in [2.75, 3.05) is 27.8 Å². The molecular formula is C15H24N2O4S. The first-order valence-corrected chi connectivity index (χ1v) is 8.74. The molecule has 1 atom stereocenters. The Balaban J connectivity index is 2.58. The van der Waals surface area contributed by atoms with Crippen LogP contribution in [0.15, 0.2) is 12.1 Å². The first-order valence-electron chi connectivity index (χ1n) is 7.30. The van der Waals surface area contributed by atoms with Crippen molar-refractivity contribution in [1.82, 2.24) is 9.03 Å². The second-order valence-electron chi connectivity index (χ2n) is 5.66. The molecule has 1 N–H and O–H groups in total. The van der Waals surface area contributed by atoms with E-state index in [0.717, 1.165) is 11.1 Å². The van der Waals surface area contributed by atoms with Crippen molar-refractivity contribution >= 4 is 10.2 Å². The van der Waals surface area contributed by atoms with Crippen molar-refractivity contribution in [3.8, 4) is 11.5 Å². The number of hydrogen-bond donors (Lipinski definition) is 1. The summed E-state index contributed by atoms with van der Waals surface area (Å²) in [5, 5.41) is 0. The van der Waals surface area contributed by atoms with Crippen molar-refractivity contribution in [2.24, 2.45) is 5.92 Å². The van der Waals surface area contributed by atoms with Crippen molar-refractivity contribution in [2.45, 2.75) is 26.3 Å². The maximum Gasteiger partial charge on any atom is 0.279 e. The van der Waals surface area contributed by atoms with Gasteiger partial charge in [-0.05, 0) is 35.6 Å². The van der Waals surface area contributed by atoms with E-state index in [0.29, 0.717) is 24.5 Å². The Morgan fingerprint density at radius 1 is 1.23 bits per heavy atom. The zero-order valence-electron chi connectivity index (χ0n) is 13.7. The second kappa shape index (κ2) is 6.44. The molecule has 6 nitrogen and oxygen atoms in total. The summed E-state index contributed by atoms with van der Waals surface area (Å²) in [4.78, 5) is 0. The first kappa shape index (κ1) is 17.1. The van der Waals surface area contributed by atoms with Crippen molar-refractivity contribution < 1.29 is 17.9 Å². The molecule has 0 saturated carbocycles. The third-order valence-corrected chi connectivity index (χ3v) is 5.62. The topological polar surface area (TPSA) is 67.9 Å². The van der Waals surface area contributed by atoms with Crippen molar-refractivity contribution in [1.29, 1.82) is 0 Å². The van der Waals surface area contributed by atoms with E-state index in [1.165, 1.54) is 11.4 Å². The lowest BCUT2D eigenvalue weighted by Crippen LogP contribution is -2.46. The molecule has 0 saturated heterocycles. The number of rotatable bonds is 5. The van der Waals surface area contributed by atoms with Crippen molar-refractivity contribution in [3.63, 3.8) is 0 Å². The predicted molar refractivity (Wildman–Crippen MR) is 85.5 cm³/mol. The van der Waals surface area contributed by atoms with Gasteiger partial charge in [-0.25, -0.2) is 4.72 Å². The molecular weight excluding hydrogens is 304 g/mol. The van der Waals surface area contributed by atoms with E-state index in [2.05, 4.69) is 4.72 Å². The summed E-state index contributed by atoms with van der Waals surface area (Å²) >= 11 is 0. The minimum absolute atomic E-state index is 0.139. The van der Waals surface area contributed by atoms with Crippen LogP contribution in [0.4, 0.5) is 0 Å². The monoisotopic (exact) mass is 328 g/mol. The molecule has 0 fully saturated rings. The molecule has 7 heteroatoms. The van der Waals surface area contributed by atoms with Gasteiger partial charge < -0.3 is 9.47 Å². The Bertz CT molecular complexity index is 643. The number of benzene rings is 1. The highest BCUT2D eigenvalue weighted by Gasteiger charge is 2.37. The molecule has 1 aromatic carbocycles. The Hall–Kier alpha value is -1.31. The molecule has 0 spiro atoms. The fourth-order valence-electron chi connectivity index (χ4n) is 3.03. The van der Waals surface area contributed by atoms with Crippen LogP contribution in [0.5, 0.6) is 11.5 Å². The molecule has 1 aliphatic rings. The highest BCUT2D eigenvalue weighted by atomic mass is 32.2. The molecule has 22 heavy (non-hydrogen) atoms. The maximum absolute atomic E-state index is 12.3. The van der Waals surface area contributed by atoms with Crippen LogP contribution in [-0.4, -0.2) is 40.5 Å². The van der Waals surface area contributed by atoms with Gasteiger partial charge in [-0.1, -0.05) is 13.8 Å². The summed E-state index contributed by atoms with van der Waals surface area (Å²) in [7, 11) is 1.14. The summed E-state index contributed by atoms with van der Waals surface area (Å²) in [5.41, 5.74) is 2.09. The van der Waals surface area contributed by atoms with Gasteiger partial charge in [0.05, 0.1) is 20.3 Å². The second-order valence-corrected chi connectivity index (χ2v) is 7.49. The van der Waals surface area contributed by atoms with Crippen molar-refractivity contribution in [3.05, 3.63) is 23.3 Å². The highest BCUT2D eigenvalue weighted by molar-refractivity contribution is 7.87. The predicted octanol–water partition coefficient (Wildman–Crippen LogP) is 1.72. The number of methoxy groups -OCH3 is 2. The number of nitrogens with zero attached hydrogens (tertiary/aromatic N) is 1. The number of ether oxygens (including phenoxy) is 2. The zero-order valence-corrected chi connectivity index (χ0v) is 14.5. The quantitative estimate of drug-likeness (QED) is 0.894. The van der Waals surface area contributed by atoms with Gasteiger partial charge in [0, 0.05) is 13.6 Å². The molecule has 1 heterocycles. The molecule has 0 aromatic heterocycles. The molecule has 1 aromatic rings. The van der Waals surface area contributed by atoms with Crippen LogP contribution < -0.4 is 14.2 Å². The Morgan fingerprint density at radius 2 is 1.82 bits per heavy atom. The van der Waals surface area contributed by atoms with Gasteiger partial charge in [-0.15, -0.1) is 0 Å². The molecule has 2 rings (SSSR count). The maximum atomic E-state index is 12.3. The fraction of sp³-hybridized carbons (Fsp3) is 0.600. The van der Waals surface area contributed by atoms with Gasteiger partial charge in [0.1, 0.15) is 0 Å². The highest BCUT2D eigenvalue weighted by Crippen LogP contribution is 2.41. The molecule has 0 aliphatic carbocycles. The smallest absolute Gasteiger partial charge is 0.279 e. The largest absolute Gasteiger partial charge is 0.493 e. The first-order chi connectivity index (χ1) is 10.4. The van der Waals surface area contributed by atoms with E-state index in [9.17, 15) is 8.42 Å². The fourth-order valence-corrected chi connectivity index (χ4v) is 4.25.